The minimum absolute atomic E-state index is 0.110. The highest BCUT2D eigenvalue weighted by atomic mass is 35.5. The number of piperazine rings is 1. The Hall–Kier alpha value is -3.69. The summed E-state index contributed by atoms with van der Waals surface area (Å²) in [7, 11) is 1.64. The van der Waals surface area contributed by atoms with Crippen LogP contribution in [0.4, 0.5) is 8.78 Å². The Kier molecular flexibility index (Phi) is 9.04. The van der Waals surface area contributed by atoms with E-state index in [0.29, 0.717) is 47.7 Å². The smallest absolute Gasteiger partial charge is 0.332 e. The number of hydrogen-bond donors (Lipinski definition) is 1. The van der Waals surface area contributed by atoms with Crippen LogP contribution in [0.5, 0.6) is 5.75 Å². The molecule has 0 atom stereocenters. The van der Waals surface area contributed by atoms with Gasteiger partial charge in [-0.15, -0.1) is 0 Å². The van der Waals surface area contributed by atoms with Gasteiger partial charge in [-0.2, -0.15) is 0 Å². The average Bonchev–Trinajstić information content (AvgIpc) is 3.27. The van der Waals surface area contributed by atoms with Gasteiger partial charge in [-0.1, -0.05) is 23.7 Å². The molecule has 206 valence electrons. The number of aromatic hydroxyl groups is 1. The largest absolute Gasteiger partial charge is 0.507 e. The van der Waals surface area contributed by atoms with E-state index in [1.807, 2.05) is 0 Å². The van der Waals surface area contributed by atoms with Crippen molar-refractivity contribution in [1.29, 1.82) is 0 Å². The molecule has 1 N–H and O–H groups in total. The number of phenolic OH excluding ortho intramolecular Hbond substituents is 1. The average molecular weight is 556 g/mol. The van der Waals surface area contributed by atoms with Gasteiger partial charge in [0.1, 0.15) is 17.4 Å². The maximum Gasteiger partial charge on any atom is 0.332 e. The van der Waals surface area contributed by atoms with Gasteiger partial charge in [-0.05, 0) is 61.5 Å². The van der Waals surface area contributed by atoms with E-state index in [9.17, 15) is 18.7 Å². The maximum absolute atomic E-state index is 14.9. The lowest BCUT2D eigenvalue weighted by molar-refractivity contribution is 0.154. The van der Waals surface area contributed by atoms with Crippen LogP contribution in [0.1, 0.15) is 18.9 Å². The number of aliphatic imine (C=N–C) groups is 1. The Morgan fingerprint density at radius 2 is 1.92 bits per heavy atom. The van der Waals surface area contributed by atoms with E-state index in [2.05, 4.69) is 21.5 Å². The first kappa shape index (κ1) is 28.3. The first-order chi connectivity index (χ1) is 18.8. The minimum atomic E-state index is -0.528. The zero-order valence-corrected chi connectivity index (χ0v) is 22.8. The SMILES string of the molecule is C=N/C(=C\C(=C/C)c1cc(F)cc(-c2ccc(-n3ccn(C)c3=O)c(Cl)c2)c1O)N1CCN(CCCF)CC1. The molecule has 10 heteroatoms. The molecule has 1 aliphatic rings. The van der Waals surface area contributed by atoms with Crippen molar-refractivity contribution in [2.75, 3.05) is 39.4 Å². The van der Waals surface area contributed by atoms with Gasteiger partial charge in [-0.3, -0.25) is 13.9 Å². The third-order valence-electron chi connectivity index (χ3n) is 6.91. The number of rotatable bonds is 9. The molecular formula is C29H32ClF2N5O2. The second kappa shape index (κ2) is 12.4. The van der Waals surface area contributed by atoms with Crippen molar-refractivity contribution >= 4 is 23.9 Å². The molecule has 2 aromatic carbocycles. The summed E-state index contributed by atoms with van der Waals surface area (Å²) in [5.74, 6) is -0.0281. The lowest BCUT2D eigenvalue weighted by Gasteiger charge is -2.36. The first-order valence-corrected chi connectivity index (χ1v) is 13.1. The summed E-state index contributed by atoms with van der Waals surface area (Å²) in [5, 5.41) is 11.5. The van der Waals surface area contributed by atoms with Crippen molar-refractivity contribution in [3.63, 3.8) is 0 Å². The van der Waals surface area contributed by atoms with E-state index in [1.165, 1.54) is 21.3 Å². The van der Waals surface area contributed by atoms with Crippen LogP contribution < -0.4 is 5.69 Å². The van der Waals surface area contributed by atoms with Crippen LogP contribution in [0.3, 0.4) is 0 Å². The highest BCUT2D eigenvalue weighted by molar-refractivity contribution is 6.32. The molecule has 0 radical (unpaired) electrons. The van der Waals surface area contributed by atoms with Crippen LogP contribution in [0.15, 0.2) is 70.5 Å². The molecule has 2 heterocycles. The van der Waals surface area contributed by atoms with Gasteiger partial charge >= 0.3 is 5.69 Å². The second-order valence-corrected chi connectivity index (χ2v) is 9.76. The number of halogens is 3. The fraction of sp³-hybridized carbons (Fsp3) is 0.310. The molecule has 0 amide bonds. The molecule has 1 saturated heterocycles. The van der Waals surface area contributed by atoms with Gasteiger partial charge in [0.25, 0.3) is 0 Å². The molecular weight excluding hydrogens is 524 g/mol. The fourth-order valence-electron chi connectivity index (χ4n) is 4.73. The zero-order valence-electron chi connectivity index (χ0n) is 22.1. The summed E-state index contributed by atoms with van der Waals surface area (Å²) in [6.45, 7) is 8.86. The molecule has 0 unspecified atom stereocenters. The Labute approximate surface area is 231 Å². The Morgan fingerprint density at radius 3 is 2.51 bits per heavy atom. The number of hydrogen-bond acceptors (Lipinski definition) is 5. The minimum Gasteiger partial charge on any atom is -0.507 e. The van der Waals surface area contributed by atoms with Crippen LogP contribution in [0, 0.1) is 5.82 Å². The maximum atomic E-state index is 14.9. The Morgan fingerprint density at radius 1 is 1.18 bits per heavy atom. The van der Waals surface area contributed by atoms with Gasteiger partial charge in [0.05, 0.1) is 17.4 Å². The van der Waals surface area contributed by atoms with E-state index in [4.69, 9.17) is 11.6 Å². The fourth-order valence-corrected chi connectivity index (χ4v) is 5.00. The third-order valence-corrected chi connectivity index (χ3v) is 7.22. The van der Waals surface area contributed by atoms with Crippen LogP contribution in [-0.2, 0) is 7.05 Å². The molecule has 39 heavy (non-hydrogen) atoms. The summed E-state index contributed by atoms with van der Waals surface area (Å²) in [4.78, 5) is 20.8. The summed E-state index contributed by atoms with van der Waals surface area (Å²) >= 11 is 6.52. The van der Waals surface area contributed by atoms with Gasteiger partial charge in [0.2, 0.25) is 0 Å². The van der Waals surface area contributed by atoms with Crippen LogP contribution >= 0.6 is 11.6 Å². The molecule has 3 aromatic rings. The van der Waals surface area contributed by atoms with Gasteiger partial charge < -0.3 is 14.6 Å². The number of aryl methyl sites for hydroxylation is 1. The summed E-state index contributed by atoms with van der Waals surface area (Å²) < 4.78 is 30.3. The predicted octanol–water partition coefficient (Wildman–Crippen LogP) is 5.26. The van der Waals surface area contributed by atoms with Crippen LogP contribution in [-0.4, -0.2) is 70.2 Å². The van der Waals surface area contributed by atoms with Gasteiger partial charge in [0.15, 0.2) is 0 Å². The number of alkyl halides is 1. The van der Waals surface area contributed by atoms with Crippen LogP contribution in [0.25, 0.3) is 22.4 Å². The number of allylic oxidation sites excluding steroid dienone is 3. The van der Waals surface area contributed by atoms with E-state index in [1.54, 1.807) is 56.7 Å². The summed E-state index contributed by atoms with van der Waals surface area (Å²) in [6.07, 6.45) is 7.31. The van der Waals surface area contributed by atoms with Crippen molar-refractivity contribution in [3.8, 4) is 22.6 Å². The highest BCUT2D eigenvalue weighted by Crippen LogP contribution is 2.39. The normalized spacial score (nSPS) is 15.2. The monoisotopic (exact) mass is 555 g/mol. The Balaban J connectivity index is 1.65. The topological polar surface area (TPSA) is 66.0 Å². The van der Waals surface area contributed by atoms with Gasteiger partial charge in [0, 0.05) is 63.3 Å². The number of imidazole rings is 1. The molecule has 0 bridgehead atoms. The molecule has 7 nitrogen and oxygen atoms in total. The molecule has 4 rings (SSSR count). The van der Waals surface area contributed by atoms with Crippen LogP contribution in [0.2, 0.25) is 5.02 Å². The predicted molar refractivity (Wildman–Crippen MR) is 153 cm³/mol. The molecule has 1 aromatic heterocycles. The second-order valence-electron chi connectivity index (χ2n) is 9.35. The number of benzene rings is 2. The Bertz CT molecular complexity index is 1470. The summed E-state index contributed by atoms with van der Waals surface area (Å²) in [5.41, 5.74) is 1.87. The zero-order chi connectivity index (χ0) is 28.1. The first-order valence-electron chi connectivity index (χ1n) is 12.7. The van der Waals surface area contributed by atoms with Crippen molar-refractivity contribution < 1.29 is 13.9 Å². The third kappa shape index (κ3) is 6.15. The van der Waals surface area contributed by atoms with Crippen molar-refractivity contribution in [2.45, 2.75) is 13.3 Å². The lowest BCUT2D eigenvalue weighted by atomic mass is 9.96. The summed E-state index contributed by atoms with van der Waals surface area (Å²) in [6, 6.07) is 7.47. The molecule has 0 aliphatic carbocycles. The van der Waals surface area contributed by atoms with Crippen molar-refractivity contribution in [3.05, 3.63) is 87.6 Å². The number of nitrogens with zero attached hydrogens (tertiary/aromatic N) is 5. The van der Waals surface area contributed by atoms with E-state index in [0.717, 1.165) is 19.6 Å². The quantitative estimate of drug-likeness (QED) is 0.289. The molecule has 1 fully saturated rings. The lowest BCUT2D eigenvalue weighted by Crippen LogP contribution is -2.45. The van der Waals surface area contributed by atoms with Crippen molar-refractivity contribution in [1.82, 2.24) is 18.9 Å². The molecule has 0 saturated carbocycles. The molecule has 1 aliphatic heterocycles. The molecule has 0 spiro atoms. The van der Waals surface area contributed by atoms with E-state index >= 15 is 0 Å². The van der Waals surface area contributed by atoms with Gasteiger partial charge in [-0.25, -0.2) is 14.2 Å². The van der Waals surface area contributed by atoms with E-state index < -0.39 is 5.82 Å². The van der Waals surface area contributed by atoms with Crippen molar-refractivity contribution in [2.24, 2.45) is 12.0 Å². The number of phenols is 1. The standard InChI is InChI=1S/C29H32ClF2N5O2/c1-4-20(17-27(33-2)36-13-11-35(12-14-36)9-5-8-31)23-18-22(32)19-24(28(23)38)21-6-7-26(25(30)16-21)37-15-10-34(3)29(37)39/h4,6-7,10,15-19,38H,2,5,8-9,11-14H2,1,3H3/b20-4+,27-17+. The number of aromatic nitrogens is 2. The highest BCUT2D eigenvalue weighted by Gasteiger charge is 2.20. The van der Waals surface area contributed by atoms with E-state index in [-0.39, 0.29) is 28.7 Å².